The summed E-state index contributed by atoms with van der Waals surface area (Å²) < 4.78 is 45.5. The Bertz CT molecular complexity index is 1720. The van der Waals surface area contributed by atoms with Gasteiger partial charge < -0.3 is 23.7 Å². The van der Waals surface area contributed by atoms with Crippen LogP contribution in [0.5, 0.6) is 28.7 Å². The second kappa shape index (κ2) is 16.9. The van der Waals surface area contributed by atoms with Gasteiger partial charge in [0, 0.05) is 36.9 Å². The van der Waals surface area contributed by atoms with Gasteiger partial charge in [-0.25, -0.2) is 4.39 Å². The molecule has 6 rings (SSSR count). The lowest BCUT2D eigenvalue weighted by Gasteiger charge is -2.10. The summed E-state index contributed by atoms with van der Waals surface area (Å²) in [5.74, 6) is 3.90. The maximum absolute atomic E-state index is 14.0. The number of hydrogen-bond acceptors (Lipinski definition) is 7. The van der Waals surface area contributed by atoms with Crippen LogP contribution in [0.3, 0.4) is 0 Å². The van der Waals surface area contributed by atoms with E-state index in [0.29, 0.717) is 31.3 Å². The lowest BCUT2D eigenvalue weighted by molar-refractivity contribution is 0.207. The molecule has 0 atom stereocenters. The van der Waals surface area contributed by atoms with Crippen LogP contribution < -0.4 is 18.9 Å². The van der Waals surface area contributed by atoms with E-state index >= 15 is 0 Å². The minimum absolute atomic E-state index is 0.172. The van der Waals surface area contributed by atoms with Gasteiger partial charge in [-0.2, -0.15) is 10.2 Å². The molecular formula is C36H35FN4O5. The van der Waals surface area contributed by atoms with Crippen LogP contribution in [0, 0.1) is 5.82 Å². The van der Waals surface area contributed by atoms with E-state index in [9.17, 15) is 4.39 Å². The Labute approximate surface area is 267 Å². The Kier molecular flexibility index (Phi) is 11.6. The highest BCUT2D eigenvalue weighted by Gasteiger charge is 2.07. The van der Waals surface area contributed by atoms with E-state index in [-0.39, 0.29) is 5.75 Å². The topological polar surface area (TPSA) is 81.8 Å². The highest BCUT2D eigenvalue weighted by atomic mass is 19.1. The van der Waals surface area contributed by atoms with Crippen LogP contribution in [-0.2, 0) is 17.8 Å². The molecule has 0 saturated carbocycles. The molecule has 9 nitrogen and oxygen atoms in total. The fourth-order valence-electron chi connectivity index (χ4n) is 4.22. The summed E-state index contributed by atoms with van der Waals surface area (Å²) in [6.07, 6.45) is 15.9. The van der Waals surface area contributed by atoms with Gasteiger partial charge in [-0.05, 0) is 79.3 Å². The minimum atomic E-state index is -0.458. The van der Waals surface area contributed by atoms with E-state index in [0.717, 1.165) is 36.0 Å². The molecule has 2 heterocycles. The van der Waals surface area contributed by atoms with Gasteiger partial charge in [0.05, 0.1) is 20.2 Å². The molecule has 236 valence electrons. The van der Waals surface area contributed by atoms with E-state index in [1.165, 1.54) is 6.07 Å². The Hall–Kier alpha value is -5.77. The van der Waals surface area contributed by atoms with Gasteiger partial charge in [0.1, 0.15) is 47.7 Å². The number of nitrogens with zero attached hydrogens (tertiary/aromatic N) is 4. The Morgan fingerprint density at radius 2 is 1.33 bits per heavy atom. The molecule has 3 aromatic carbocycles. The van der Waals surface area contributed by atoms with E-state index in [1.807, 2.05) is 96.0 Å². The molecule has 0 bridgehead atoms. The number of ether oxygens (including phenoxy) is 5. The molecule has 0 saturated heterocycles. The first-order chi connectivity index (χ1) is 22.6. The van der Waals surface area contributed by atoms with Crippen LogP contribution in [0.1, 0.15) is 6.42 Å². The SMILES string of the molecule is COc1cccc(OC2=CCC=C(OCCn3cccn3)C=C2)c1.Fc1cc(OCCn2cccn2)ccc1Oc1ccccc1. The molecule has 0 aliphatic heterocycles. The highest BCUT2D eigenvalue weighted by molar-refractivity contribution is 5.37. The second-order valence-electron chi connectivity index (χ2n) is 9.81. The van der Waals surface area contributed by atoms with Crippen molar-refractivity contribution < 1.29 is 28.1 Å². The highest BCUT2D eigenvalue weighted by Crippen LogP contribution is 2.27. The van der Waals surface area contributed by atoms with Crippen molar-refractivity contribution in [3.63, 3.8) is 0 Å². The third-order valence-corrected chi connectivity index (χ3v) is 6.50. The summed E-state index contributed by atoms with van der Waals surface area (Å²) in [5.41, 5.74) is 0. The van der Waals surface area contributed by atoms with Gasteiger partial charge in [0.15, 0.2) is 11.6 Å². The van der Waals surface area contributed by atoms with Crippen molar-refractivity contribution in [2.45, 2.75) is 19.5 Å². The zero-order valence-corrected chi connectivity index (χ0v) is 25.4. The lowest BCUT2D eigenvalue weighted by Crippen LogP contribution is -2.08. The summed E-state index contributed by atoms with van der Waals surface area (Å²) in [6.45, 7) is 2.32. The smallest absolute Gasteiger partial charge is 0.169 e. The minimum Gasteiger partial charge on any atom is -0.497 e. The fourth-order valence-corrected chi connectivity index (χ4v) is 4.22. The first-order valence-electron chi connectivity index (χ1n) is 14.8. The zero-order valence-electron chi connectivity index (χ0n) is 25.4. The van der Waals surface area contributed by atoms with Crippen molar-refractivity contribution in [1.82, 2.24) is 19.6 Å². The van der Waals surface area contributed by atoms with Crippen molar-refractivity contribution in [3.05, 3.63) is 151 Å². The Balaban J connectivity index is 0.000000182. The number of benzene rings is 3. The van der Waals surface area contributed by atoms with Crippen molar-refractivity contribution in [3.8, 4) is 28.7 Å². The maximum Gasteiger partial charge on any atom is 0.169 e. The van der Waals surface area contributed by atoms with E-state index < -0.39 is 5.82 Å². The van der Waals surface area contributed by atoms with Crippen molar-refractivity contribution in [2.75, 3.05) is 20.3 Å². The Morgan fingerprint density at radius 3 is 2.02 bits per heavy atom. The van der Waals surface area contributed by atoms with Crippen LogP contribution in [0.2, 0.25) is 0 Å². The summed E-state index contributed by atoms with van der Waals surface area (Å²) in [5, 5.41) is 8.22. The molecule has 0 N–H and O–H groups in total. The van der Waals surface area contributed by atoms with Gasteiger partial charge in [0.25, 0.3) is 0 Å². The van der Waals surface area contributed by atoms with Crippen molar-refractivity contribution in [1.29, 1.82) is 0 Å². The summed E-state index contributed by atoms with van der Waals surface area (Å²) in [6, 6.07) is 24.9. The molecule has 0 spiro atoms. The molecule has 1 aliphatic carbocycles. The maximum atomic E-state index is 14.0. The predicted molar refractivity (Wildman–Crippen MR) is 172 cm³/mol. The molecule has 0 fully saturated rings. The third-order valence-electron chi connectivity index (χ3n) is 6.50. The van der Waals surface area contributed by atoms with Gasteiger partial charge in [-0.3, -0.25) is 9.36 Å². The van der Waals surface area contributed by atoms with Gasteiger partial charge in [0.2, 0.25) is 0 Å². The molecule has 0 radical (unpaired) electrons. The predicted octanol–water partition coefficient (Wildman–Crippen LogP) is 7.61. The third kappa shape index (κ3) is 10.2. The first kappa shape index (κ1) is 31.6. The van der Waals surface area contributed by atoms with Crippen molar-refractivity contribution in [2.24, 2.45) is 0 Å². The molecule has 0 amide bonds. The largest absolute Gasteiger partial charge is 0.497 e. The van der Waals surface area contributed by atoms with E-state index in [2.05, 4.69) is 10.2 Å². The number of rotatable bonds is 13. The number of aromatic nitrogens is 4. The van der Waals surface area contributed by atoms with Crippen LogP contribution >= 0.6 is 0 Å². The second-order valence-corrected chi connectivity index (χ2v) is 9.81. The molecule has 46 heavy (non-hydrogen) atoms. The zero-order chi connectivity index (χ0) is 31.8. The molecule has 5 aromatic rings. The Morgan fingerprint density at radius 1 is 0.652 bits per heavy atom. The molecule has 1 aliphatic rings. The first-order valence-corrected chi connectivity index (χ1v) is 14.8. The van der Waals surface area contributed by atoms with Crippen LogP contribution in [0.15, 0.2) is 146 Å². The number of hydrogen-bond donors (Lipinski definition) is 0. The fraction of sp³-hybridized carbons (Fsp3) is 0.167. The molecule has 0 unspecified atom stereocenters. The normalized spacial score (nSPS) is 12.1. The quantitative estimate of drug-likeness (QED) is 0.134. The number of para-hydroxylation sites is 1. The number of allylic oxidation sites excluding steroid dienone is 4. The monoisotopic (exact) mass is 622 g/mol. The lowest BCUT2D eigenvalue weighted by atomic mass is 10.3. The van der Waals surface area contributed by atoms with E-state index in [1.54, 1.807) is 48.5 Å². The van der Waals surface area contributed by atoms with Gasteiger partial charge >= 0.3 is 0 Å². The van der Waals surface area contributed by atoms with Crippen LogP contribution in [0.25, 0.3) is 0 Å². The molecule has 10 heteroatoms. The summed E-state index contributed by atoms with van der Waals surface area (Å²) in [7, 11) is 1.64. The van der Waals surface area contributed by atoms with Crippen LogP contribution in [0.4, 0.5) is 4.39 Å². The standard InChI is InChI=1S/C19H20N2O3.C17H15FN2O2/c1-22-18-7-3-8-19(15-18)24-17-6-2-5-16(9-10-17)23-14-13-21-12-4-11-20-21;18-16-13-15(21-12-11-20-10-4-9-19-20)7-8-17(16)22-14-5-2-1-3-6-14/h3-12,15H,2,13-14H2,1H3;1-10,13H,11-12H2. The van der Waals surface area contributed by atoms with Crippen LogP contribution in [-0.4, -0.2) is 39.9 Å². The average molecular weight is 623 g/mol. The van der Waals surface area contributed by atoms with Gasteiger partial charge in [-0.1, -0.05) is 24.3 Å². The number of halogens is 1. The molecule has 2 aromatic heterocycles. The van der Waals surface area contributed by atoms with Crippen molar-refractivity contribution >= 4 is 0 Å². The average Bonchev–Trinajstić information content (AvgIpc) is 3.76. The van der Waals surface area contributed by atoms with E-state index in [4.69, 9.17) is 23.7 Å². The number of methoxy groups -OCH3 is 1. The van der Waals surface area contributed by atoms with Gasteiger partial charge in [-0.15, -0.1) is 0 Å². The summed E-state index contributed by atoms with van der Waals surface area (Å²) >= 11 is 0. The molecular weight excluding hydrogens is 587 g/mol. The summed E-state index contributed by atoms with van der Waals surface area (Å²) in [4.78, 5) is 0.